The number of para-hydroxylation sites is 1. The Morgan fingerprint density at radius 2 is 2.00 bits per heavy atom. The molecule has 1 aromatic heterocycles. The summed E-state index contributed by atoms with van der Waals surface area (Å²) in [5.41, 5.74) is 1.71. The van der Waals surface area contributed by atoms with E-state index in [0.29, 0.717) is 17.4 Å². The summed E-state index contributed by atoms with van der Waals surface area (Å²) in [4.78, 5) is 0.406. The standard InChI is InChI=1S/C16H23N3O2S.ClH/c1-11-8-9-17-10-14(11)18-22(20,21)16-12(2)19(3)15-7-5-4-6-13(15)16;/h4-7,11,14,17-18H,8-10H2,1-3H3;1H. The molecule has 1 saturated heterocycles. The molecule has 1 aliphatic rings. The van der Waals surface area contributed by atoms with Crippen molar-refractivity contribution >= 4 is 33.3 Å². The van der Waals surface area contributed by atoms with Crippen LogP contribution in [0.4, 0.5) is 0 Å². The maximum absolute atomic E-state index is 12.9. The fourth-order valence-corrected chi connectivity index (χ4v) is 5.05. The first kappa shape index (κ1) is 18.3. The number of hydrogen-bond acceptors (Lipinski definition) is 3. The highest BCUT2D eigenvalue weighted by atomic mass is 35.5. The van der Waals surface area contributed by atoms with Gasteiger partial charge >= 0.3 is 0 Å². The van der Waals surface area contributed by atoms with Gasteiger partial charge in [0, 0.05) is 36.2 Å². The smallest absolute Gasteiger partial charge is 0.243 e. The van der Waals surface area contributed by atoms with Crippen LogP contribution < -0.4 is 10.0 Å². The molecule has 0 amide bonds. The zero-order valence-electron chi connectivity index (χ0n) is 13.7. The van der Waals surface area contributed by atoms with Gasteiger partial charge in [0.15, 0.2) is 0 Å². The molecule has 3 rings (SSSR count). The van der Waals surface area contributed by atoms with Gasteiger partial charge in [0.05, 0.1) is 0 Å². The molecule has 2 aromatic rings. The van der Waals surface area contributed by atoms with Gasteiger partial charge in [-0.25, -0.2) is 13.1 Å². The Morgan fingerprint density at radius 1 is 1.30 bits per heavy atom. The summed E-state index contributed by atoms with van der Waals surface area (Å²) in [5.74, 6) is 0.339. The van der Waals surface area contributed by atoms with Crippen LogP contribution in [0.5, 0.6) is 0 Å². The molecule has 0 spiro atoms. The number of nitrogens with one attached hydrogen (secondary N) is 2. The van der Waals surface area contributed by atoms with Crippen molar-refractivity contribution in [3.8, 4) is 0 Å². The molecule has 2 unspecified atom stereocenters. The summed E-state index contributed by atoms with van der Waals surface area (Å²) in [7, 11) is -1.64. The minimum Gasteiger partial charge on any atom is -0.347 e. The van der Waals surface area contributed by atoms with Crippen molar-refractivity contribution < 1.29 is 8.42 Å². The highest BCUT2D eigenvalue weighted by Crippen LogP contribution is 2.29. The number of rotatable bonds is 3. The number of piperidine rings is 1. The second-order valence-electron chi connectivity index (χ2n) is 6.19. The van der Waals surface area contributed by atoms with Gasteiger partial charge in [-0.05, 0) is 31.9 Å². The minimum absolute atomic E-state index is 0. The summed E-state index contributed by atoms with van der Waals surface area (Å²) >= 11 is 0. The molecular weight excluding hydrogens is 334 g/mol. The molecule has 0 aliphatic carbocycles. The van der Waals surface area contributed by atoms with E-state index in [-0.39, 0.29) is 18.4 Å². The lowest BCUT2D eigenvalue weighted by Crippen LogP contribution is -2.50. The van der Waals surface area contributed by atoms with Gasteiger partial charge in [-0.15, -0.1) is 12.4 Å². The molecule has 5 nitrogen and oxygen atoms in total. The van der Waals surface area contributed by atoms with Gasteiger partial charge in [0.2, 0.25) is 10.0 Å². The predicted molar refractivity (Wildman–Crippen MR) is 95.7 cm³/mol. The van der Waals surface area contributed by atoms with Crippen molar-refractivity contribution in [1.82, 2.24) is 14.6 Å². The molecule has 0 radical (unpaired) electrons. The second-order valence-corrected chi connectivity index (χ2v) is 7.84. The Bertz CT molecular complexity index is 801. The highest BCUT2D eigenvalue weighted by molar-refractivity contribution is 7.89. The number of aromatic nitrogens is 1. The molecule has 23 heavy (non-hydrogen) atoms. The van der Waals surface area contributed by atoms with E-state index in [1.54, 1.807) is 0 Å². The maximum Gasteiger partial charge on any atom is 0.243 e. The Morgan fingerprint density at radius 3 is 2.70 bits per heavy atom. The average molecular weight is 358 g/mol. The van der Waals surface area contributed by atoms with Crippen molar-refractivity contribution in [2.45, 2.75) is 31.2 Å². The Hall–Kier alpha value is -1.08. The van der Waals surface area contributed by atoms with Crippen LogP contribution in [0.25, 0.3) is 10.9 Å². The molecule has 2 atom stereocenters. The normalized spacial score (nSPS) is 22.0. The molecular formula is C16H24ClN3O2S. The van der Waals surface area contributed by atoms with Crippen LogP contribution in [0.1, 0.15) is 19.0 Å². The third kappa shape index (κ3) is 3.26. The first-order valence-corrected chi connectivity index (χ1v) is 9.17. The Kier molecular flexibility index (Phi) is 5.41. The third-order valence-corrected chi connectivity index (χ3v) is 6.41. The average Bonchev–Trinajstić information content (AvgIpc) is 2.74. The quantitative estimate of drug-likeness (QED) is 0.885. The molecule has 1 aliphatic heterocycles. The van der Waals surface area contributed by atoms with Crippen molar-refractivity contribution in [3.63, 3.8) is 0 Å². The first-order chi connectivity index (χ1) is 10.4. The van der Waals surface area contributed by atoms with Gasteiger partial charge in [-0.3, -0.25) is 0 Å². The molecule has 0 bridgehead atoms. The van der Waals surface area contributed by atoms with Gasteiger partial charge in [-0.1, -0.05) is 25.1 Å². The fraction of sp³-hybridized carbons (Fsp3) is 0.500. The van der Waals surface area contributed by atoms with Crippen LogP contribution in [-0.4, -0.2) is 32.1 Å². The number of nitrogens with zero attached hydrogens (tertiary/aromatic N) is 1. The van der Waals surface area contributed by atoms with Gasteiger partial charge in [0.1, 0.15) is 4.90 Å². The fourth-order valence-electron chi connectivity index (χ4n) is 3.23. The molecule has 2 N–H and O–H groups in total. The molecule has 1 aromatic carbocycles. The monoisotopic (exact) mass is 357 g/mol. The van der Waals surface area contributed by atoms with Crippen LogP contribution in [0.2, 0.25) is 0 Å². The van der Waals surface area contributed by atoms with Crippen LogP contribution >= 0.6 is 12.4 Å². The molecule has 1 fully saturated rings. The summed E-state index contributed by atoms with van der Waals surface area (Å²) < 4.78 is 30.7. The minimum atomic E-state index is -3.54. The zero-order chi connectivity index (χ0) is 15.9. The third-order valence-electron chi connectivity index (χ3n) is 4.74. The SMILES string of the molecule is Cc1c(S(=O)(=O)NC2CNCCC2C)c2ccccc2n1C.Cl. The van der Waals surface area contributed by atoms with Crippen LogP contribution in [0, 0.1) is 12.8 Å². The van der Waals surface area contributed by atoms with Gasteiger partial charge in [0.25, 0.3) is 0 Å². The van der Waals surface area contributed by atoms with E-state index in [4.69, 9.17) is 0 Å². The summed E-state index contributed by atoms with van der Waals surface area (Å²) in [6.45, 7) is 5.60. The highest BCUT2D eigenvalue weighted by Gasteiger charge is 2.30. The lowest BCUT2D eigenvalue weighted by atomic mass is 9.96. The molecule has 7 heteroatoms. The number of aryl methyl sites for hydroxylation is 1. The lowest BCUT2D eigenvalue weighted by Gasteiger charge is -2.30. The van der Waals surface area contributed by atoms with Crippen LogP contribution in [0.15, 0.2) is 29.2 Å². The maximum atomic E-state index is 12.9. The zero-order valence-corrected chi connectivity index (χ0v) is 15.3. The van der Waals surface area contributed by atoms with E-state index >= 15 is 0 Å². The first-order valence-electron chi connectivity index (χ1n) is 7.69. The van der Waals surface area contributed by atoms with E-state index in [9.17, 15) is 8.42 Å². The van der Waals surface area contributed by atoms with Crippen molar-refractivity contribution in [2.24, 2.45) is 13.0 Å². The van der Waals surface area contributed by atoms with Crippen LogP contribution in [-0.2, 0) is 17.1 Å². The van der Waals surface area contributed by atoms with Crippen molar-refractivity contribution in [2.75, 3.05) is 13.1 Å². The number of sulfonamides is 1. The number of fused-ring (bicyclic) bond motifs is 1. The van der Waals surface area contributed by atoms with E-state index in [1.807, 2.05) is 42.8 Å². The molecule has 128 valence electrons. The Labute approximate surface area is 143 Å². The van der Waals surface area contributed by atoms with E-state index in [0.717, 1.165) is 29.6 Å². The Balaban J connectivity index is 0.00000192. The second kappa shape index (κ2) is 6.81. The summed E-state index contributed by atoms with van der Waals surface area (Å²) in [6, 6.07) is 7.58. The lowest BCUT2D eigenvalue weighted by molar-refractivity contribution is 0.327. The number of halogens is 1. The van der Waals surface area contributed by atoms with Crippen molar-refractivity contribution in [1.29, 1.82) is 0 Å². The van der Waals surface area contributed by atoms with Crippen LogP contribution in [0.3, 0.4) is 0 Å². The largest absolute Gasteiger partial charge is 0.347 e. The molecule has 2 heterocycles. The summed E-state index contributed by atoms with van der Waals surface area (Å²) in [5, 5.41) is 4.05. The van der Waals surface area contributed by atoms with Gasteiger partial charge < -0.3 is 9.88 Å². The van der Waals surface area contributed by atoms with Gasteiger partial charge in [-0.2, -0.15) is 0 Å². The topological polar surface area (TPSA) is 63.1 Å². The predicted octanol–water partition coefficient (Wildman–Crippen LogP) is 2.18. The number of hydrogen-bond donors (Lipinski definition) is 2. The van der Waals surface area contributed by atoms with E-state index in [1.165, 1.54) is 0 Å². The van der Waals surface area contributed by atoms with E-state index in [2.05, 4.69) is 17.0 Å². The van der Waals surface area contributed by atoms with E-state index < -0.39 is 10.0 Å². The summed E-state index contributed by atoms with van der Waals surface area (Å²) in [6.07, 6.45) is 0.988. The van der Waals surface area contributed by atoms with Crippen molar-refractivity contribution in [3.05, 3.63) is 30.0 Å². The molecule has 0 saturated carbocycles. The number of benzene rings is 1.